The Balaban J connectivity index is 1.24. The summed E-state index contributed by atoms with van der Waals surface area (Å²) in [6, 6.07) is 30.2. The van der Waals surface area contributed by atoms with Gasteiger partial charge in [-0.05, 0) is 96.6 Å². The molecule has 0 saturated carbocycles. The number of hydrogen-bond acceptors (Lipinski definition) is 2. The highest BCUT2D eigenvalue weighted by atomic mass is 16.4. The highest BCUT2D eigenvalue weighted by molar-refractivity contribution is 5.89. The maximum Gasteiger partial charge on any atom is 0.335 e. The molecular weight excluding hydrogens is 442 g/mol. The van der Waals surface area contributed by atoms with Gasteiger partial charge in [0.2, 0.25) is 0 Å². The maximum absolute atomic E-state index is 11.5. The molecule has 0 saturated heterocycles. The lowest BCUT2D eigenvalue weighted by Gasteiger charge is -2.32. The summed E-state index contributed by atoms with van der Waals surface area (Å²) in [4.78, 5) is 11.5. The number of rotatable bonds is 8. The quantitative estimate of drug-likeness (QED) is 0.256. The average Bonchev–Trinajstić information content (AvgIpc) is 2.90. The first-order valence-corrected chi connectivity index (χ1v) is 13.1. The number of carboxylic acid groups (broad SMARTS) is 1. The summed E-state index contributed by atoms with van der Waals surface area (Å²) in [6.07, 6.45) is 4.57. The number of carboxylic acids is 1. The van der Waals surface area contributed by atoms with Crippen LogP contribution in [-0.2, 0) is 6.42 Å². The van der Waals surface area contributed by atoms with Crippen LogP contribution in [0, 0.1) is 12.8 Å². The zero-order valence-electron chi connectivity index (χ0n) is 21.2. The van der Waals surface area contributed by atoms with Crippen molar-refractivity contribution < 1.29 is 9.90 Å². The summed E-state index contributed by atoms with van der Waals surface area (Å²) in [6.45, 7) is 5.17. The summed E-state index contributed by atoms with van der Waals surface area (Å²) >= 11 is 0. The van der Waals surface area contributed by atoms with Gasteiger partial charge in [-0.3, -0.25) is 0 Å². The molecule has 184 valence electrons. The van der Waals surface area contributed by atoms with E-state index in [4.69, 9.17) is 0 Å². The average molecular weight is 478 g/mol. The fraction of sp³-hybridized carbons (Fsp3) is 0.303. The molecule has 36 heavy (non-hydrogen) atoms. The molecule has 0 radical (unpaired) electrons. The highest BCUT2D eigenvalue weighted by Gasteiger charge is 2.28. The third-order valence-electron chi connectivity index (χ3n) is 7.92. The van der Waals surface area contributed by atoms with Gasteiger partial charge in [-0.25, -0.2) is 4.79 Å². The molecule has 0 fully saturated rings. The Labute approximate surface area is 214 Å². The Bertz CT molecular complexity index is 1370. The van der Waals surface area contributed by atoms with Crippen molar-refractivity contribution in [3.63, 3.8) is 0 Å². The van der Waals surface area contributed by atoms with E-state index in [0.717, 1.165) is 31.4 Å². The maximum atomic E-state index is 11.5. The van der Waals surface area contributed by atoms with Crippen LogP contribution >= 0.6 is 0 Å². The van der Waals surface area contributed by atoms with E-state index in [2.05, 4.69) is 85.0 Å². The van der Waals surface area contributed by atoms with E-state index in [1.165, 1.54) is 39.4 Å². The van der Waals surface area contributed by atoms with Crippen LogP contribution in [0.2, 0.25) is 0 Å². The third kappa shape index (κ3) is 5.08. The molecule has 0 amide bonds. The first kappa shape index (κ1) is 24.3. The van der Waals surface area contributed by atoms with Crippen molar-refractivity contribution in [1.29, 1.82) is 0 Å². The number of carbonyl (C=O) groups is 1. The van der Waals surface area contributed by atoms with Gasteiger partial charge in [0.05, 0.1) is 5.56 Å². The first-order chi connectivity index (χ1) is 17.5. The van der Waals surface area contributed by atoms with Gasteiger partial charge in [-0.15, -0.1) is 0 Å². The monoisotopic (exact) mass is 477 g/mol. The molecule has 0 bridgehead atoms. The second kappa shape index (κ2) is 10.7. The normalized spacial score (nSPS) is 18.1. The molecule has 2 N–H and O–H groups in total. The summed E-state index contributed by atoms with van der Waals surface area (Å²) in [5.74, 6) is 0.0919. The van der Waals surface area contributed by atoms with E-state index in [0.29, 0.717) is 23.4 Å². The zero-order chi connectivity index (χ0) is 25.1. The molecular formula is C33H35NO2. The van der Waals surface area contributed by atoms with E-state index in [-0.39, 0.29) is 0 Å². The van der Waals surface area contributed by atoms with E-state index in [9.17, 15) is 9.90 Å². The molecule has 0 aromatic heterocycles. The van der Waals surface area contributed by atoms with E-state index in [1.807, 2.05) is 13.0 Å². The van der Waals surface area contributed by atoms with Crippen LogP contribution < -0.4 is 5.32 Å². The predicted molar refractivity (Wildman–Crippen MR) is 148 cm³/mol. The van der Waals surface area contributed by atoms with Crippen molar-refractivity contribution in [3.8, 4) is 0 Å². The van der Waals surface area contributed by atoms with Crippen molar-refractivity contribution in [2.24, 2.45) is 5.92 Å². The summed E-state index contributed by atoms with van der Waals surface area (Å²) < 4.78 is 0. The second-order valence-electron chi connectivity index (χ2n) is 10.3. The van der Waals surface area contributed by atoms with Crippen molar-refractivity contribution in [2.75, 3.05) is 6.54 Å². The van der Waals surface area contributed by atoms with Crippen LogP contribution in [0.3, 0.4) is 0 Å². The largest absolute Gasteiger partial charge is 0.478 e. The molecule has 2 unspecified atom stereocenters. The number of fused-ring (bicyclic) bond motifs is 2. The summed E-state index contributed by atoms with van der Waals surface area (Å²) in [5, 5.41) is 15.8. The standard InChI is InChI=1S/C33H35NO2/c1-22-19-27(16-17-28(22)33(35)36)32-21-24(20-26-11-4-6-14-31(26)32)9-8-18-34-23(2)29-15-7-12-25-10-3-5-13-30(25)29/h3-7,10-17,19,23-24,32,34H,8-9,18,20-21H2,1-2H3,(H,35,36)/t23-,24?,32?/m1/s1. The highest BCUT2D eigenvalue weighted by Crippen LogP contribution is 2.41. The predicted octanol–water partition coefficient (Wildman–Crippen LogP) is 7.67. The molecule has 5 rings (SSSR count). The molecule has 1 aliphatic carbocycles. The molecule has 0 heterocycles. The van der Waals surface area contributed by atoms with Gasteiger partial charge >= 0.3 is 5.97 Å². The first-order valence-electron chi connectivity index (χ1n) is 13.1. The Kier molecular flexibility index (Phi) is 7.20. The number of hydrogen-bond donors (Lipinski definition) is 2. The van der Waals surface area contributed by atoms with Gasteiger partial charge in [0.25, 0.3) is 0 Å². The lowest BCUT2D eigenvalue weighted by Crippen LogP contribution is -2.23. The minimum absolute atomic E-state index is 0.312. The molecule has 0 aliphatic heterocycles. The van der Waals surface area contributed by atoms with Gasteiger partial charge in [0, 0.05) is 12.0 Å². The van der Waals surface area contributed by atoms with Crippen LogP contribution in [0.5, 0.6) is 0 Å². The number of aryl methyl sites for hydroxylation is 1. The minimum Gasteiger partial charge on any atom is -0.478 e. The summed E-state index contributed by atoms with van der Waals surface area (Å²) in [5.41, 5.74) is 6.67. The number of benzene rings is 4. The second-order valence-corrected chi connectivity index (χ2v) is 10.3. The molecule has 3 atom stereocenters. The summed E-state index contributed by atoms with van der Waals surface area (Å²) in [7, 11) is 0. The van der Waals surface area contributed by atoms with Gasteiger partial charge in [-0.1, -0.05) is 78.9 Å². The Morgan fingerprint density at radius 2 is 1.78 bits per heavy atom. The van der Waals surface area contributed by atoms with Gasteiger partial charge in [-0.2, -0.15) is 0 Å². The lowest BCUT2D eigenvalue weighted by molar-refractivity contribution is 0.0696. The fourth-order valence-corrected chi connectivity index (χ4v) is 6.04. The van der Waals surface area contributed by atoms with Crippen molar-refractivity contribution >= 4 is 16.7 Å². The molecule has 4 aromatic carbocycles. The van der Waals surface area contributed by atoms with Gasteiger partial charge in [0.15, 0.2) is 0 Å². The van der Waals surface area contributed by atoms with Crippen LogP contribution in [0.15, 0.2) is 84.9 Å². The Morgan fingerprint density at radius 1 is 1.00 bits per heavy atom. The lowest BCUT2D eigenvalue weighted by atomic mass is 9.72. The zero-order valence-corrected chi connectivity index (χ0v) is 21.2. The van der Waals surface area contributed by atoms with E-state index in [1.54, 1.807) is 6.07 Å². The number of nitrogens with one attached hydrogen (secondary N) is 1. The third-order valence-corrected chi connectivity index (χ3v) is 7.92. The Hall–Kier alpha value is -3.43. The SMILES string of the molecule is Cc1cc(C2CC(CCCN[C@H](C)c3cccc4ccccc34)Cc3ccccc32)ccc1C(=O)O. The molecule has 3 nitrogen and oxygen atoms in total. The van der Waals surface area contributed by atoms with Crippen molar-refractivity contribution in [3.05, 3.63) is 118 Å². The fourth-order valence-electron chi connectivity index (χ4n) is 6.04. The molecule has 4 aromatic rings. The van der Waals surface area contributed by atoms with E-state index < -0.39 is 5.97 Å². The van der Waals surface area contributed by atoms with Crippen LogP contribution in [-0.4, -0.2) is 17.6 Å². The molecule has 0 spiro atoms. The number of aromatic carboxylic acids is 1. The van der Waals surface area contributed by atoms with Crippen LogP contribution in [0.25, 0.3) is 10.8 Å². The van der Waals surface area contributed by atoms with Crippen molar-refractivity contribution in [1.82, 2.24) is 5.32 Å². The topological polar surface area (TPSA) is 49.3 Å². The minimum atomic E-state index is -0.855. The van der Waals surface area contributed by atoms with Gasteiger partial charge < -0.3 is 10.4 Å². The Morgan fingerprint density at radius 3 is 2.61 bits per heavy atom. The molecule has 3 heteroatoms. The van der Waals surface area contributed by atoms with Crippen LogP contribution in [0.4, 0.5) is 0 Å². The van der Waals surface area contributed by atoms with Crippen molar-refractivity contribution in [2.45, 2.75) is 51.5 Å². The van der Waals surface area contributed by atoms with Gasteiger partial charge in [0.1, 0.15) is 0 Å². The van der Waals surface area contributed by atoms with E-state index >= 15 is 0 Å². The molecule has 1 aliphatic rings. The smallest absolute Gasteiger partial charge is 0.335 e. The van der Waals surface area contributed by atoms with Crippen LogP contribution in [0.1, 0.15) is 76.3 Å².